The van der Waals surface area contributed by atoms with E-state index in [0.29, 0.717) is 17.5 Å². The number of rotatable bonds is 3. The first-order valence-electron chi connectivity index (χ1n) is 6.32. The van der Waals surface area contributed by atoms with Crippen molar-refractivity contribution in [2.24, 2.45) is 0 Å². The molecule has 0 aromatic heterocycles. The van der Waals surface area contributed by atoms with E-state index < -0.39 is 0 Å². The molecule has 1 saturated carbocycles. The Morgan fingerprint density at radius 2 is 2.28 bits per heavy atom. The normalized spacial score (nSPS) is 17.7. The minimum Gasteiger partial charge on any atom is -0.482 e. The summed E-state index contributed by atoms with van der Waals surface area (Å²) in [6.07, 6.45) is 2.43. The van der Waals surface area contributed by atoms with Crippen LogP contribution in [0.15, 0.2) is 12.1 Å². The van der Waals surface area contributed by atoms with Gasteiger partial charge >= 0.3 is 0 Å². The fourth-order valence-electron chi connectivity index (χ4n) is 2.39. The Bertz CT molecular complexity index is 497. The standard InChI is InChI=1S/C13H17N3O2/c1-2-16(8-3-4-8)11-6-10-12(5-9(11)14)18-7-13(17)15-10/h5-6,8H,2-4,7,14H2,1H3,(H,15,17). The number of anilines is 3. The minimum absolute atomic E-state index is 0.0614. The summed E-state index contributed by atoms with van der Waals surface area (Å²) in [7, 11) is 0. The predicted octanol–water partition coefficient (Wildman–Crippen LogP) is 1.59. The Morgan fingerprint density at radius 3 is 2.94 bits per heavy atom. The van der Waals surface area contributed by atoms with Gasteiger partial charge < -0.3 is 20.7 Å². The SMILES string of the molecule is CCN(c1cc2c(cc1N)OCC(=O)N2)C1CC1. The number of nitrogens with one attached hydrogen (secondary N) is 1. The van der Waals surface area contributed by atoms with Crippen LogP contribution in [0.25, 0.3) is 0 Å². The van der Waals surface area contributed by atoms with Gasteiger partial charge in [-0.25, -0.2) is 0 Å². The highest BCUT2D eigenvalue weighted by Gasteiger charge is 2.30. The van der Waals surface area contributed by atoms with Gasteiger partial charge in [-0.1, -0.05) is 0 Å². The van der Waals surface area contributed by atoms with Crippen LogP contribution >= 0.6 is 0 Å². The van der Waals surface area contributed by atoms with Crippen molar-refractivity contribution in [2.75, 3.05) is 29.1 Å². The lowest BCUT2D eigenvalue weighted by molar-refractivity contribution is -0.118. The summed E-state index contributed by atoms with van der Waals surface area (Å²) >= 11 is 0. The van der Waals surface area contributed by atoms with Crippen LogP contribution < -0.4 is 20.7 Å². The quantitative estimate of drug-likeness (QED) is 0.796. The molecule has 96 valence electrons. The second-order valence-corrected chi connectivity index (χ2v) is 4.76. The van der Waals surface area contributed by atoms with Gasteiger partial charge in [0.15, 0.2) is 6.61 Å². The van der Waals surface area contributed by atoms with Gasteiger partial charge in [0, 0.05) is 18.7 Å². The molecule has 18 heavy (non-hydrogen) atoms. The average Bonchev–Trinajstić information content (AvgIpc) is 3.16. The van der Waals surface area contributed by atoms with E-state index >= 15 is 0 Å². The number of fused-ring (bicyclic) bond motifs is 1. The van der Waals surface area contributed by atoms with E-state index in [1.165, 1.54) is 12.8 Å². The van der Waals surface area contributed by atoms with Gasteiger partial charge in [0.1, 0.15) is 5.75 Å². The van der Waals surface area contributed by atoms with Crippen molar-refractivity contribution in [3.63, 3.8) is 0 Å². The number of hydrogen-bond donors (Lipinski definition) is 2. The number of nitrogens with two attached hydrogens (primary N) is 1. The highest BCUT2D eigenvalue weighted by atomic mass is 16.5. The van der Waals surface area contributed by atoms with Gasteiger partial charge in [-0.05, 0) is 25.8 Å². The lowest BCUT2D eigenvalue weighted by Crippen LogP contribution is -2.28. The summed E-state index contributed by atoms with van der Waals surface area (Å²) < 4.78 is 5.35. The molecule has 0 bridgehead atoms. The monoisotopic (exact) mass is 247 g/mol. The van der Waals surface area contributed by atoms with Gasteiger partial charge in [0.25, 0.3) is 5.91 Å². The minimum atomic E-state index is -0.118. The van der Waals surface area contributed by atoms with Gasteiger partial charge in [-0.3, -0.25) is 4.79 Å². The highest BCUT2D eigenvalue weighted by molar-refractivity contribution is 5.97. The van der Waals surface area contributed by atoms with Crippen molar-refractivity contribution < 1.29 is 9.53 Å². The molecule has 0 saturated heterocycles. The van der Waals surface area contributed by atoms with Crippen LogP contribution in [0, 0.1) is 0 Å². The molecule has 1 aliphatic carbocycles. The maximum atomic E-state index is 11.3. The topological polar surface area (TPSA) is 67.6 Å². The summed E-state index contributed by atoms with van der Waals surface area (Å²) in [5.41, 5.74) is 8.50. The number of carbonyl (C=O) groups excluding carboxylic acids is 1. The van der Waals surface area contributed by atoms with Gasteiger partial charge in [0.2, 0.25) is 0 Å². The Hall–Kier alpha value is -1.91. The van der Waals surface area contributed by atoms with Crippen LogP contribution in [0.3, 0.4) is 0 Å². The second kappa shape index (κ2) is 4.08. The van der Waals surface area contributed by atoms with E-state index in [1.807, 2.05) is 6.07 Å². The molecular formula is C13H17N3O2. The largest absolute Gasteiger partial charge is 0.482 e. The molecule has 5 nitrogen and oxygen atoms in total. The number of nitrogens with zero attached hydrogens (tertiary/aromatic N) is 1. The van der Waals surface area contributed by atoms with Crippen LogP contribution in [-0.2, 0) is 4.79 Å². The Balaban J connectivity index is 1.99. The molecule has 3 rings (SSSR count). The van der Waals surface area contributed by atoms with E-state index in [4.69, 9.17) is 10.5 Å². The lowest BCUT2D eigenvalue weighted by Gasteiger charge is -2.27. The van der Waals surface area contributed by atoms with Crippen molar-refractivity contribution in [1.29, 1.82) is 0 Å². The number of nitrogen functional groups attached to an aromatic ring is 1. The molecule has 1 heterocycles. The zero-order valence-corrected chi connectivity index (χ0v) is 10.4. The maximum Gasteiger partial charge on any atom is 0.262 e. The lowest BCUT2D eigenvalue weighted by atomic mass is 10.2. The van der Waals surface area contributed by atoms with Crippen LogP contribution in [0.2, 0.25) is 0 Å². The first kappa shape index (κ1) is 11.2. The molecule has 1 aliphatic heterocycles. The molecule has 0 spiro atoms. The zero-order valence-electron chi connectivity index (χ0n) is 10.4. The first-order valence-corrected chi connectivity index (χ1v) is 6.32. The number of hydrogen-bond acceptors (Lipinski definition) is 4. The van der Waals surface area contributed by atoms with Crippen molar-refractivity contribution >= 4 is 23.0 Å². The molecule has 1 aromatic carbocycles. The van der Waals surface area contributed by atoms with Crippen LogP contribution in [0.1, 0.15) is 19.8 Å². The van der Waals surface area contributed by atoms with Crippen molar-refractivity contribution in [1.82, 2.24) is 0 Å². The van der Waals surface area contributed by atoms with E-state index in [-0.39, 0.29) is 12.5 Å². The van der Waals surface area contributed by atoms with Crippen LogP contribution in [0.4, 0.5) is 17.1 Å². The smallest absolute Gasteiger partial charge is 0.262 e. The Kier molecular flexibility index (Phi) is 2.54. The summed E-state index contributed by atoms with van der Waals surface area (Å²) in [6, 6.07) is 4.31. The van der Waals surface area contributed by atoms with Crippen LogP contribution in [0.5, 0.6) is 5.75 Å². The van der Waals surface area contributed by atoms with Crippen molar-refractivity contribution in [3.05, 3.63) is 12.1 Å². The molecule has 5 heteroatoms. The third-order valence-electron chi connectivity index (χ3n) is 3.40. The fraction of sp³-hybridized carbons (Fsp3) is 0.462. The van der Waals surface area contributed by atoms with Crippen molar-refractivity contribution in [2.45, 2.75) is 25.8 Å². The highest BCUT2D eigenvalue weighted by Crippen LogP contribution is 2.40. The summed E-state index contributed by atoms with van der Waals surface area (Å²) in [5.74, 6) is 0.537. The van der Waals surface area contributed by atoms with Gasteiger partial charge in [-0.2, -0.15) is 0 Å². The number of amides is 1. The van der Waals surface area contributed by atoms with E-state index in [2.05, 4.69) is 17.1 Å². The number of carbonyl (C=O) groups is 1. The maximum absolute atomic E-state index is 11.3. The van der Waals surface area contributed by atoms with E-state index in [9.17, 15) is 4.79 Å². The van der Waals surface area contributed by atoms with Crippen molar-refractivity contribution in [3.8, 4) is 5.75 Å². The van der Waals surface area contributed by atoms with Gasteiger partial charge in [-0.15, -0.1) is 0 Å². The molecule has 0 unspecified atom stereocenters. The summed E-state index contributed by atoms with van der Waals surface area (Å²) in [5, 5.41) is 2.82. The van der Waals surface area contributed by atoms with Gasteiger partial charge in [0.05, 0.1) is 17.1 Å². The predicted molar refractivity (Wildman–Crippen MR) is 71.0 cm³/mol. The molecular weight excluding hydrogens is 230 g/mol. The molecule has 0 atom stereocenters. The number of benzene rings is 1. The Morgan fingerprint density at radius 1 is 1.50 bits per heavy atom. The molecule has 3 N–H and O–H groups in total. The van der Waals surface area contributed by atoms with Crippen LogP contribution in [-0.4, -0.2) is 25.1 Å². The molecule has 0 radical (unpaired) electrons. The third-order valence-corrected chi connectivity index (χ3v) is 3.40. The molecule has 1 amide bonds. The van der Waals surface area contributed by atoms with E-state index in [1.54, 1.807) is 6.07 Å². The summed E-state index contributed by atoms with van der Waals surface area (Å²) in [6.45, 7) is 3.10. The number of ether oxygens (including phenoxy) is 1. The molecule has 1 aromatic rings. The summed E-state index contributed by atoms with van der Waals surface area (Å²) in [4.78, 5) is 13.6. The average molecular weight is 247 g/mol. The van der Waals surface area contributed by atoms with E-state index in [0.717, 1.165) is 17.9 Å². The fourth-order valence-corrected chi connectivity index (χ4v) is 2.39. The second-order valence-electron chi connectivity index (χ2n) is 4.76. The third kappa shape index (κ3) is 1.85. The molecule has 1 fully saturated rings. The zero-order chi connectivity index (χ0) is 12.7. The molecule has 2 aliphatic rings. The first-order chi connectivity index (χ1) is 8.69. The Labute approximate surface area is 106 Å².